The van der Waals surface area contributed by atoms with Crippen molar-refractivity contribution in [2.24, 2.45) is 5.41 Å². The van der Waals surface area contributed by atoms with Crippen molar-refractivity contribution >= 4 is 5.82 Å². The van der Waals surface area contributed by atoms with Gasteiger partial charge in [-0.1, -0.05) is 0 Å². The lowest BCUT2D eigenvalue weighted by atomic mass is 9.82. The van der Waals surface area contributed by atoms with Crippen LogP contribution < -0.4 is 4.90 Å². The Balaban J connectivity index is 1.71. The van der Waals surface area contributed by atoms with Crippen LogP contribution in [0, 0.1) is 5.41 Å². The topological polar surface area (TPSA) is 25.4 Å². The summed E-state index contributed by atoms with van der Waals surface area (Å²) in [7, 11) is 0. The van der Waals surface area contributed by atoms with Crippen LogP contribution in [0.3, 0.4) is 0 Å². The number of ether oxygens (including phenoxy) is 1. The van der Waals surface area contributed by atoms with Gasteiger partial charge in [0.1, 0.15) is 5.82 Å². The van der Waals surface area contributed by atoms with E-state index in [9.17, 15) is 13.2 Å². The summed E-state index contributed by atoms with van der Waals surface area (Å²) in [6, 6.07) is 2.57. The van der Waals surface area contributed by atoms with Crippen LogP contribution in [0.4, 0.5) is 19.0 Å². The second kappa shape index (κ2) is 4.91. The first-order valence-electron chi connectivity index (χ1n) is 6.85. The van der Waals surface area contributed by atoms with E-state index in [0.717, 1.165) is 57.8 Å². The Morgan fingerprint density at radius 1 is 1.25 bits per heavy atom. The maximum atomic E-state index is 12.5. The van der Waals surface area contributed by atoms with E-state index in [2.05, 4.69) is 9.88 Å². The molecule has 1 unspecified atom stereocenters. The number of hydrogen-bond donors (Lipinski definition) is 0. The van der Waals surface area contributed by atoms with Crippen molar-refractivity contribution in [1.82, 2.24) is 4.98 Å². The normalized spacial score (nSPS) is 27.2. The molecular formula is C14H17F3N2O. The molecule has 2 aliphatic rings. The van der Waals surface area contributed by atoms with Gasteiger partial charge in [0, 0.05) is 31.3 Å². The molecule has 0 radical (unpaired) electrons. The van der Waals surface area contributed by atoms with Crippen molar-refractivity contribution < 1.29 is 17.9 Å². The number of hydrogen-bond acceptors (Lipinski definition) is 3. The predicted molar refractivity (Wildman–Crippen MR) is 68.6 cm³/mol. The van der Waals surface area contributed by atoms with Gasteiger partial charge in [0.15, 0.2) is 0 Å². The molecule has 0 N–H and O–H groups in total. The van der Waals surface area contributed by atoms with Gasteiger partial charge < -0.3 is 9.64 Å². The van der Waals surface area contributed by atoms with Gasteiger partial charge >= 0.3 is 6.18 Å². The van der Waals surface area contributed by atoms with Crippen LogP contribution in [-0.4, -0.2) is 31.3 Å². The maximum Gasteiger partial charge on any atom is 0.417 e. The highest BCUT2D eigenvalue weighted by molar-refractivity contribution is 5.41. The fourth-order valence-electron chi connectivity index (χ4n) is 3.10. The van der Waals surface area contributed by atoms with Crippen LogP contribution in [0.1, 0.15) is 24.8 Å². The number of alkyl halides is 3. The highest BCUT2D eigenvalue weighted by atomic mass is 19.4. The SMILES string of the molecule is FC(F)(F)c1ccc(N2CCC3(CCCOC3)C2)nc1. The molecule has 0 amide bonds. The molecule has 1 aromatic rings. The Kier molecular flexibility index (Phi) is 3.36. The Bertz CT molecular complexity index is 466. The first-order chi connectivity index (χ1) is 9.49. The van der Waals surface area contributed by atoms with Crippen molar-refractivity contribution in [2.45, 2.75) is 25.4 Å². The van der Waals surface area contributed by atoms with E-state index in [4.69, 9.17) is 4.74 Å². The van der Waals surface area contributed by atoms with Gasteiger partial charge in [-0.05, 0) is 31.4 Å². The molecule has 20 heavy (non-hydrogen) atoms. The first-order valence-corrected chi connectivity index (χ1v) is 6.85. The average molecular weight is 286 g/mol. The third kappa shape index (κ3) is 2.61. The molecule has 0 aliphatic carbocycles. The van der Waals surface area contributed by atoms with E-state index in [1.807, 2.05) is 0 Å². The second-order valence-corrected chi connectivity index (χ2v) is 5.73. The fourth-order valence-corrected chi connectivity index (χ4v) is 3.10. The minimum absolute atomic E-state index is 0.169. The molecule has 1 atom stereocenters. The molecule has 1 aromatic heterocycles. The van der Waals surface area contributed by atoms with Crippen LogP contribution >= 0.6 is 0 Å². The lowest BCUT2D eigenvalue weighted by Gasteiger charge is -2.33. The molecule has 110 valence electrons. The summed E-state index contributed by atoms with van der Waals surface area (Å²) in [6.07, 6.45) is -0.194. The first kappa shape index (κ1) is 13.7. The minimum atomic E-state index is -4.32. The van der Waals surface area contributed by atoms with Gasteiger partial charge in [-0.2, -0.15) is 13.2 Å². The Morgan fingerprint density at radius 2 is 2.10 bits per heavy atom. The minimum Gasteiger partial charge on any atom is -0.381 e. The molecule has 0 aromatic carbocycles. The van der Waals surface area contributed by atoms with Crippen LogP contribution in [-0.2, 0) is 10.9 Å². The third-order valence-electron chi connectivity index (χ3n) is 4.24. The zero-order valence-corrected chi connectivity index (χ0v) is 11.1. The van der Waals surface area contributed by atoms with E-state index in [0.29, 0.717) is 5.82 Å². The van der Waals surface area contributed by atoms with E-state index in [1.54, 1.807) is 0 Å². The molecule has 0 bridgehead atoms. The average Bonchev–Trinajstić information content (AvgIpc) is 2.83. The zero-order valence-electron chi connectivity index (χ0n) is 11.1. The zero-order chi connectivity index (χ0) is 14.2. The molecule has 2 aliphatic heterocycles. The highest BCUT2D eigenvalue weighted by Crippen LogP contribution is 2.39. The van der Waals surface area contributed by atoms with Gasteiger partial charge in [0.05, 0.1) is 12.2 Å². The summed E-state index contributed by atoms with van der Waals surface area (Å²) in [5, 5.41) is 0. The van der Waals surface area contributed by atoms with Gasteiger partial charge in [-0.15, -0.1) is 0 Å². The molecule has 6 heteroatoms. The number of halogens is 3. The number of anilines is 1. The third-order valence-corrected chi connectivity index (χ3v) is 4.24. The molecule has 3 heterocycles. The Labute approximate surface area is 115 Å². The summed E-state index contributed by atoms with van der Waals surface area (Å²) >= 11 is 0. The van der Waals surface area contributed by atoms with Gasteiger partial charge in [-0.25, -0.2) is 4.98 Å². The monoisotopic (exact) mass is 286 g/mol. The maximum absolute atomic E-state index is 12.5. The van der Waals surface area contributed by atoms with Gasteiger partial charge in [0.2, 0.25) is 0 Å². The Morgan fingerprint density at radius 3 is 2.70 bits per heavy atom. The molecule has 3 nitrogen and oxygen atoms in total. The fraction of sp³-hybridized carbons (Fsp3) is 0.643. The molecule has 2 fully saturated rings. The number of pyridine rings is 1. The van der Waals surface area contributed by atoms with E-state index in [1.165, 1.54) is 6.07 Å². The van der Waals surface area contributed by atoms with Crippen molar-refractivity contribution in [2.75, 3.05) is 31.2 Å². The van der Waals surface area contributed by atoms with Gasteiger partial charge in [0.25, 0.3) is 0 Å². The summed E-state index contributed by atoms with van der Waals surface area (Å²) in [5.41, 5.74) is -0.529. The summed E-state index contributed by atoms with van der Waals surface area (Å²) < 4.78 is 43.1. The smallest absolute Gasteiger partial charge is 0.381 e. The quantitative estimate of drug-likeness (QED) is 0.793. The van der Waals surface area contributed by atoms with Gasteiger partial charge in [-0.3, -0.25) is 0 Å². The van der Waals surface area contributed by atoms with Crippen molar-refractivity contribution in [3.05, 3.63) is 23.9 Å². The molecule has 1 spiro atoms. The van der Waals surface area contributed by atoms with Crippen LogP contribution in [0.15, 0.2) is 18.3 Å². The number of aromatic nitrogens is 1. The van der Waals surface area contributed by atoms with Crippen LogP contribution in [0.25, 0.3) is 0 Å². The molecule has 0 saturated carbocycles. The van der Waals surface area contributed by atoms with Crippen molar-refractivity contribution in [1.29, 1.82) is 0 Å². The van der Waals surface area contributed by atoms with E-state index in [-0.39, 0.29) is 5.41 Å². The highest BCUT2D eigenvalue weighted by Gasteiger charge is 2.40. The Hall–Kier alpha value is -1.30. The summed E-state index contributed by atoms with van der Waals surface area (Å²) in [5.74, 6) is 0.625. The van der Waals surface area contributed by atoms with Crippen molar-refractivity contribution in [3.63, 3.8) is 0 Å². The summed E-state index contributed by atoms with van der Waals surface area (Å²) in [6.45, 7) is 3.23. The van der Waals surface area contributed by atoms with Crippen LogP contribution in [0.5, 0.6) is 0 Å². The van der Waals surface area contributed by atoms with Crippen LogP contribution in [0.2, 0.25) is 0 Å². The molecule has 3 rings (SSSR count). The largest absolute Gasteiger partial charge is 0.417 e. The second-order valence-electron chi connectivity index (χ2n) is 5.73. The number of rotatable bonds is 1. The molecule has 2 saturated heterocycles. The predicted octanol–water partition coefficient (Wildman–Crippen LogP) is 3.11. The summed E-state index contributed by atoms with van der Waals surface area (Å²) in [4.78, 5) is 6.03. The standard InChI is InChI=1S/C14H17F3N2O/c15-14(16,17)11-2-3-12(18-8-11)19-6-5-13(9-19)4-1-7-20-10-13/h2-3,8H,1,4-7,9-10H2. The number of nitrogens with zero attached hydrogens (tertiary/aromatic N) is 2. The van der Waals surface area contributed by atoms with E-state index < -0.39 is 11.7 Å². The van der Waals surface area contributed by atoms with Crippen molar-refractivity contribution in [3.8, 4) is 0 Å². The molecular weight excluding hydrogens is 269 g/mol. The van der Waals surface area contributed by atoms with E-state index >= 15 is 0 Å². The lowest BCUT2D eigenvalue weighted by molar-refractivity contribution is -0.137. The lowest BCUT2D eigenvalue weighted by Crippen LogP contribution is -2.35.